The van der Waals surface area contributed by atoms with Crippen molar-refractivity contribution in [2.75, 3.05) is 23.3 Å². The van der Waals surface area contributed by atoms with Crippen molar-refractivity contribution >= 4 is 34.4 Å². The van der Waals surface area contributed by atoms with E-state index in [1.807, 2.05) is 11.8 Å². The molecule has 1 aromatic rings. The van der Waals surface area contributed by atoms with Crippen LogP contribution in [-0.4, -0.2) is 23.3 Å². The molecule has 0 bridgehead atoms. The first-order chi connectivity index (χ1) is 7.42. The first-order valence-corrected chi connectivity index (χ1v) is 7.91. The monoisotopic (exact) mass is 333 g/mol. The normalized spacial score (nSPS) is 19.1. The van der Waals surface area contributed by atoms with Crippen LogP contribution in [0.4, 0.5) is 0 Å². The lowest BCUT2D eigenvalue weighted by Crippen LogP contribution is -2.22. The molecule has 3 heteroatoms. The van der Waals surface area contributed by atoms with Gasteiger partial charge in [-0.1, -0.05) is 40.8 Å². The van der Waals surface area contributed by atoms with Gasteiger partial charge in [0.2, 0.25) is 0 Å². The van der Waals surface area contributed by atoms with E-state index in [4.69, 9.17) is 0 Å². The quantitative estimate of drug-likeness (QED) is 0.504. The fraction of sp³-hybridized carbons (Fsp3) is 0.500. The molecule has 1 heterocycles. The Bertz CT molecular complexity index is 316. The molecule has 0 aliphatic carbocycles. The van der Waals surface area contributed by atoms with Gasteiger partial charge in [-0.25, -0.2) is 0 Å². The van der Waals surface area contributed by atoms with Crippen molar-refractivity contribution in [3.63, 3.8) is 0 Å². The van der Waals surface area contributed by atoms with Crippen molar-refractivity contribution in [2.45, 2.75) is 17.2 Å². The van der Waals surface area contributed by atoms with E-state index < -0.39 is 0 Å². The largest absolute Gasteiger partial charge is 0.316 e. The van der Waals surface area contributed by atoms with E-state index in [9.17, 15) is 0 Å². The molecule has 1 nitrogen and oxygen atoms in total. The molecule has 1 atom stereocenters. The van der Waals surface area contributed by atoms with E-state index in [2.05, 4.69) is 52.2 Å². The topological polar surface area (TPSA) is 12.0 Å². The predicted octanol–water partition coefficient (Wildman–Crippen LogP) is 3.29. The lowest BCUT2D eigenvalue weighted by Gasteiger charge is -2.11. The van der Waals surface area contributed by atoms with E-state index in [0.717, 1.165) is 19.0 Å². The number of rotatable bonds is 5. The highest BCUT2D eigenvalue weighted by atomic mass is 127. The summed E-state index contributed by atoms with van der Waals surface area (Å²) in [5, 5.41) is 3.55. The van der Waals surface area contributed by atoms with Crippen LogP contribution in [0.1, 0.15) is 17.9 Å². The molecule has 2 rings (SSSR count). The molecule has 0 radical (unpaired) electrons. The maximum Gasteiger partial charge on any atom is 0.0108 e. The highest BCUT2D eigenvalue weighted by Gasteiger charge is 2.21. The van der Waals surface area contributed by atoms with Gasteiger partial charge in [-0.15, -0.1) is 11.8 Å². The van der Waals surface area contributed by atoms with Gasteiger partial charge < -0.3 is 5.32 Å². The lowest BCUT2D eigenvalue weighted by atomic mass is 10.0. The minimum absolute atomic E-state index is 0.723. The van der Waals surface area contributed by atoms with Crippen LogP contribution in [0.25, 0.3) is 0 Å². The summed E-state index contributed by atoms with van der Waals surface area (Å²) >= 11 is 4.43. The van der Waals surface area contributed by atoms with Crippen LogP contribution < -0.4 is 5.32 Å². The number of fused-ring (bicyclic) bond motifs is 1. The van der Waals surface area contributed by atoms with Gasteiger partial charge in [0.15, 0.2) is 0 Å². The van der Waals surface area contributed by atoms with Gasteiger partial charge >= 0.3 is 0 Å². The van der Waals surface area contributed by atoms with E-state index in [1.54, 1.807) is 5.56 Å². The summed E-state index contributed by atoms with van der Waals surface area (Å²) in [5.74, 6) is 1.97. The van der Waals surface area contributed by atoms with Gasteiger partial charge in [-0.05, 0) is 24.6 Å². The van der Waals surface area contributed by atoms with E-state index in [-0.39, 0.29) is 0 Å². The van der Waals surface area contributed by atoms with Gasteiger partial charge in [0.25, 0.3) is 0 Å². The average Bonchev–Trinajstić information content (AvgIpc) is 2.68. The second-order valence-electron chi connectivity index (χ2n) is 3.79. The molecule has 82 valence electrons. The summed E-state index contributed by atoms with van der Waals surface area (Å²) in [5.41, 5.74) is 1.55. The lowest BCUT2D eigenvalue weighted by molar-refractivity contribution is 0.618. The van der Waals surface area contributed by atoms with Gasteiger partial charge in [0, 0.05) is 27.5 Å². The third-order valence-corrected chi connectivity index (χ3v) is 4.69. The Morgan fingerprint density at radius 2 is 2.27 bits per heavy atom. The van der Waals surface area contributed by atoms with Crippen LogP contribution in [0, 0.1) is 0 Å². The molecule has 0 fully saturated rings. The Morgan fingerprint density at radius 3 is 3.13 bits per heavy atom. The molecule has 0 saturated carbocycles. The van der Waals surface area contributed by atoms with Crippen molar-refractivity contribution < 1.29 is 0 Å². The number of benzene rings is 1. The van der Waals surface area contributed by atoms with Gasteiger partial charge in [-0.3, -0.25) is 0 Å². The molecular weight excluding hydrogens is 317 g/mol. The maximum absolute atomic E-state index is 3.55. The SMILES string of the molecule is ICCCNCC1CSc2ccccc21. The summed E-state index contributed by atoms with van der Waals surface area (Å²) in [4.78, 5) is 1.48. The molecule has 1 aliphatic rings. The molecule has 1 N–H and O–H groups in total. The van der Waals surface area contributed by atoms with Crippen molar-refractivity contribution in [1.82, 2.24) is 5.32 Å². The average molecular weight is 333 g/mol. The Hall–Kier alpha value is 0.260. The minimum atomic E-state index is 0.723. The fourth-order valence-electron chi connectivity index (χ4n) is 1.87. The van der Waals surface area contributed by atoms with E-state index >= 15 is 0 Å². The Kier molecular flexibility index (Phi) is 4.78. The first kappa shape index (κ1) is 11.7. The standard InChI is InChI=1S/C12H16INS/c13-6-3-7-14-8-10-9-15-12-5-2-1-4-11(10)12/h1-2,4-5,10,14H,3,6-9H2. The summed E-state index contributed by atoms with van der Waals surface area (Å²) < 4.78 is 1.25. The number of hydrogen-bond donors (Lipinski definition) is 1. The van der Waals surface area contributed by atoms with Crippen molar-refractivity contribution in [3.05, 3.63) is 29.8 Å². The van der Waals surface area contributed by atoms with Crippen LogP contribution in [0.2, 0.25) is 0 Å². The van der Waals surface area contributed by atoms with Crippen LogP contribution in [-0.2, 0) is 0 Å². The molecule has 0 amide bonds. The molecule has 1 aromatic carbocycles. The predicted molar refractivity (Wildman–Crippen MR) is 76.3 cm³/mol. The van der Waals surface area contributed by atoms with Crippen LogP contribution in [0.5, 0.6) is 0 Å². The molecule has 0 saturated heterocycles. The highest BCUT2D eigenvalue weighted by Crippen LogP contribution is 2.38. The van der Waals surface area contributed by atoms with Gasteiger partial charge in [0.05, 0.1) is 0 Å². The van der Waals surface area contributed by atoms with Crippen molar-refractivity contribution in [2.24, 2.45) is 0 Å². The van der Waals surface area contributed by atoms with Crippen LogP contribution in [0.15, 0.2) is 29.2 Å². The van der Waals surface area contributed by atoms with Crippen molar-refractivity contribution in [3.8, 4) is 0 Å². The maximum atomic E-state index is 3.55. The Balaban J connectivity index is 1.85. The summed E-state index contributed by atoms with van der Waals surface area (Å²) in [7, 11) is 0. The first-order valence-electron chi connectivity index (χ1n) is 5.40. The number of nitrogens with one attached hydrogen (secondary N) is 1. The summed E-state index contributed by atoms with van der Waals surface area (Å²) in [6.07, 6.45) is 1.28. The Labute approximate surface area is 110 Å². The van der Waals surface area contributed by atoms with Gasteiger partial charge in [0.1, 0.15) is 0 Å². The number of alkyl halides is 1. The third-order valence-electron chi connectivity index (χ3n) is 2.68. The molecule has 15 heavy (non-hydrogen) atoms. The molecule has 0 spiro atoms. The minimum Gasteiger partial charge on any atom is -0.316 e. The van der Waals surface area contributed by atoms with Crippen LogP contribution >= 0.6 is 34.4 Å². The number of hydrogen-bond acceptors (Lipinski definition) is 2. The number of thioether (sulfide) groups is 1. The molecular formula is C12H16INS. The highest BCUT2D eigenvalue weighted by molar-refractivity contribution is 14.1. The smallest absolute Gasteiger partial charge is 0.0108 e. The van der Waals surface area contributed by atoms with E-state index in [1.165, 1.54) is 21.5 Å². The Morgan fingerprint density at radius 1 is 1.40 bits per heavy atom. The zero-order valence-corrected chi connectivity index (χ0v) is 11.7. The number of halogens is 1. The van der Waals surface area contributed by atoms with Gasteiger partial charge in [-0.2, -0.15) is 0 Å². The summed E-state index contributed by atoms with van der Waals surface area (Å²) in [6.45, 7) is 2.30. The van der Waals surface area contributed by atoms with Crippen LogP contribution in [0.3, 0.4) is 0 Å². The summed E-state index contributed by atoms with van der Waals surface area (Å²) in [6, 6.07) is 8.81. The zero-order chi connectivity index (χ0) is 10.5. The molecule has 1 aliphatic heterocycles. The molecule has 1 unspecified atom stereocenters. The van der Waals surface area contributed by atoms with Crippen molar-refractivity contribution in [1.29, 1.82) is 0 Å². The third kappa shape index (κ3) is 3.11. The zero-order valence-electron chi connectivity index (χ0n) is 8.71. The van der Waals surface area contributed by atoms with E-state index in [0.29, 0.717) is 0 Å². The second-order valence-corrected chi connectivity index (χ2v) is 5.93. The molecule has 0 aromatic heterocycles. The second kappa shape index (κ2) is 6.11. The fourth-order valence-corrected chi connectivity index (χ4v) is 3.50.